The van der Waals surface area contributed by atoms with Crippen molar-refractivity contribution in [3.63, 3.8) is 0 Å². The van der Waals surface area contributed by atoms with Crippen molar-refractivity contribution in [2.45, 2.75) is 26.9 Å². The number of aryl methyl sites for hydroxylation is 2. The smallest absolute Gasteiger partial charge is 0.346 e. The number of amides is 1. The molecular formula is C22H23N7O3. The van der Waals surface area contributed by atoms with E-state index in [1.54, 1.807) is 42.1 Å². The minimum Gasteiger partial charge on any atom is -0.350 e. The predicted octanol–water partition coefficient (Wildman–Crippen LogP) is 1.11. The summed E-state index contributed by atoms with van der Waals surface area (Å²) in [5.74, 6) is -0.0707. The van der Waals surface area contributed by atoms with Crippen molar-refractivity contribution in [3.8, 4) is 11.5 Å². The van der Waals surface area contributed by atoms with Gasteiger partial charge >= 0.3 is 5.69 Å². The average molecular weight is 433 g/mol. The quantitative estimate of drug-likeness (QED) is 0.487. The number of nitrogens with one attached hydrogen (secondary N) is 1. The Morgan fingerprint density at radius 2 is 1.97 bits per heavy atom. The molecule has 0 saturated carbocycles. The van der Waals surface area contributed by atoms with Gasteiger partial charge in [0.2, 0.25) is 5.43 Å². The SMILES string of the molecule is CCn1cc(C(=O)NCCn2nc(-c3ccccn3)n(C)c2=O)c(=O)c2ccc(C)nc21. The Labute approximate surface area is 183 Å². The van der Waals surface area contributed by atoms with Crippen molar-refractivity contribution in [2.75, 3.05) is 6.54 Å². The fourth-order valence-electron chi connectivity index (χ4n) is 3.48. The molecule has 0 bridgehead atoms. The topological polar surface area (TPSA) is 117 Å². The highest BCUT2D eigenvalue weighted by molar-refractivity contribution is 5.96. The van der Waals surface area contributed by atoms with Gasteiger partial charge in [-0.3, -0.25) is 19.1 Å². The molecule has 4 rings (SSSR count). The first-order valence-corrected chi connectivity index (χ1v) is 10.2. The van der Waals surface area contributed by atoms with E-state index in [0.29, 0.717) is 29.1 Å². The molecule has 10 nitrogen and oxygen atoms in total. The van der Waals surface area contributed by atoms with Gasteiger partial charge in [-0.25, -0.2) is 14.5 Å². The average Bonchev–Trinajstić information content (AvgIpc) is 3.08. The molecule has 0 unspecified atom stereocenters. The molecule has 1 N–H and O–H groups in total. The van der Waals surface area contributed by atoms with E-state index in [0.717, 1.165) is 5.69 Å². The first kappa shape index (κ1) is 21.2. The normalized spacial score (nSPS) is 11.1. The van der Waals surface area contributed by atoms with Crippen LogP contribution in [-0.2, 0) is 20.1 Å². The minimum atomic E-state index is -0.506. The van der Waals surface area contributed by atoms with Crippen LogP contribution in [0.3, 0.4) is 0 Å². The molecule has 0 aromatic carbocycles. The van der Waals surface area contributed by atoms with Crippen molar-refractivity contribution in [2.24, 2.45) is 7.05 Å². The second-order valence-electron chi connectivity index (χ2n) is 7.34. The summed E-state index contributed by atoms with van der Waals surface area (Å²) in [6.07, 6.45) is 3.15. The lowest BCUT2D eigenvalue weighted by Gasteiger charge is -2.11. The van der Waals surface area contributed by atoms with Gasteiger partial charge in [0.05, 0.1) is 11.9 Å². The zero-order valence-corrected chi connectivity index (χ0v) is 18.1. The van der Waals surface area contributed by atoms with Gasteiger partial charge in [0, 0.05) is 38.2 Å². The highest BCUT2D eigenvalue weighted by Gasteiger charge is 2.17. The van der Waals surface area contributed by atoms with Gasteiger partial charge in [-0.2, -0.15) is 0 Å². The molecule has 0 radical (unpaired) electrons. The minimum absolute atomic E-state index is 0.0348. The molecule has 1 amide bonds. The summed E-state index contributed by atoms with van der Waals surface area (Å²) in [6, 6.07) is 8.80. The number of carbonyl (C=O) groups excluding carboxylic acids is 1. The molecule has 4 aromatic rings. The fraction of sp³-hybridized carbons (Fsp3) is 0.273. The van der Waals surface area contributed by atoms with Crippen LogP contribution in [0.4, 0.5) is 0 Å². The Hall–Kier alpha value is -4.08. The number of carbonyl (C=O) groups is 1. The van der Waals surface area contributed by atoms with Crippen molar-refractivity contribution in [3.05, 3.63) is 74.7 Å². The molecule has 164 valence electrons. The Morgan fingerprint density at radius 3 is 2.69 bits per heavy atom. The van der Waals surface area contributed by atoms with E-state index in [2.05, 4.69) is 20.4 Å². The van der Waals surface area contributed by atoms with Crippen molar-refractivity contribution in [1.82, 2.24) is 34.2 Å². The van der Waals surface area contributed by atoms with Gasteiger partial charge in [0.25, 0.3) is 5.91 Å². The summed E-state index contributed by atoms with van der Waals surface area (Å²) in [7, 11) is 1.62. The van der Waals surface area contributed by atoms with Crippen LogP contribution in [0.1, 0.15) is 23.0 Å². The zero-order chi connectivity index (χ0) is 22.8. The molecule has 0 saturated heterocycles. The Kier molecular flexibility index (Phi) is 5.67. The first-order chi connectivity index (χ1) is 15.4. The third-order valence-corrected chi connectivity index (χ3v) is 5.19. The van der Waals surface area contributed by atoms with E-state index in [4.69, 9.17) is 0 Å². The van der Waals surface area contributed by atoms with Crippen LogP contribution in [0.5, 0.6) is 0 Å². The van der Waals surface area contributed by atoms with E-state index in [-0.39, 0.29) is 29.8 Å². The largest absolute Gasteiger partial charge is 0.350 e. The van der Waals surface area contributed by atoms with Crippen LogP contribution < -0.4 is 16.4 Å². The van der Waals surface area contributed by atoms with Crippen LogP contribution >= 0.6 is 0 Å². The first-order valence-electron chi connectivity index (χ1n) is 10.2. The molecule has 0 spiro atoms. The molecule has 4 aromatic heterocycles. The molecule has 32 heavy (non-hydrogen) atoms. The second kappa shape index (κ2) is 8.58. The van der Waals surface area contributed by atoms with Gasteiger partial charge in [0.1, 0.15) is 16.9 Å². The lowest BCUT2D eigenvalue weighted by Crippen LogP contribution is -2.34. The summed E-state index contributed by atoms with van der Waals surface area (Å²) in [5, 5.41) is 7.43. The number of aromatic nitrogens is 6. The van der Waals surface area contributed by atoms with Crippen molar-refractivity contribution in [1.29, 1.82) is 0 Å². The Balaban J connectivity index is 1.54. The molecule has 0 aliphatic rings. The summed E-state index contributed by atoms with van der Waals surface area (Å²) < 4.78 is 4.45. The number of rotatable bonds is 6. The Bertz CT molecular complexity index is 1420. The van der Waals surface area contributed by atoms with Gasteiger partial charge < -0.3 is 9.88 Å². The highest BCUT2D eigenvalue weighted by Crippen LogP contribution is 2.12. The van der Waals surface area contributed by atoms with Crippen LogP contribution in [-0.4, -0.2) is 41.3 Å². The molecule has 4 heterocycles. The summed E-state index contributed by atoms with van der Waals surface area (Å²) >= 11 is 0. The van der Waals surface area contributed by atoms with Crippen LogP contribution in [0, 0.1) is 6.92 Å². The molecule has 0 aliphatic heterocycles. The van der Waals surface area contributed by atoms with Crippen LogP contribution in [0.15, 0.2) is 52.3 Å². The standard InChI is InChI=1S/C22H23N7O3/c1-4-28-13-16(18(30)15-9-8-14(2)25-19(15)28)21(31)24-11-12-29-22(32)27(3)20(26-29)17-7-5-6-10-23-17/h5-10,13H,4,11-12H2,1-3H3,(H,24,31). The van der Waals surface area contributed by atoms with E-state index in [9.17, 15) is 14.4 Å². The monoisotopic (exact) mass is 433 g/mol. The lowest BCUT2D eigenvalue weighted by atomic mass is 10.1. The van der Waals surface area contributed by atoms with Gasteiger partial charge in [-0.05, 0) is 38.1 Å². The number of hydrogen-bond acceptors (Lipinski definition) is 6. The second-order valence-corrected chi connectivity index (χ2v) is 7.34. The molecule has 0 fully saturated rings. The number of fused-ring (bicyclic) bond motifs is 1. The van der Waals surface area contributed by atoms with Gasteiger partial charge in [-0.1, -0.05) is 6.07 Å². The van der Waals surface area contributed by atoms with Crippen LogP contribution in [0.2, 0.25) is 0 Å². The van der Waals surface area contributed by atoms with Gasteiger partial charge in [-0.15, -0.1) is 5.10 Å². The fourth-order valence-corrected chi connectivity index (χ4v) is 3.48. The molecule has 0 atom stereocenters. The van der Waals surface area contributed by atoms with Crippen molar-refractivity contribution < 1.29 is 4.79 Å². The third kappa shape index (κ3) is 3.82. The van der Waals surface area contributed by atoms with E-state index >= 15 is 0 Å². The lowest BCUT2D eigenvalue weighted by molar-refractivity contribution is 0.0950. The summed E-state index contributed by atoms with van der Waals surface area (Å²) in [5.41, 5.74) is 1.27. The molecular weight excluding hydrogens is 410 g/mol. The van der Waals surface area contributed by atoms with E-state index in [1.807, 2.05) is 19.9 Å². The maximum atomic E-state index is 12.8. The van der Waals surface area contributed by atoms with E-state index in [1.165, 1.54) is 15.4 Å². The third-order valence-electron chi connectivity index (χ3n) is 5.19. The maximum Gasteiger partial charge on any atom is 0.346 e. The molecule has 0 aliphatic carbocycles. The Morgan fingerprint density at radius 1 is 1.16 bits per heavy atom. The summed E-state index contributed by atoms with van der Waals surface area (Å²) in [4.78, 5) is 46.7. The molecule has 10 heteroatoms. The number of hydrogen-bond donors (Lipinski definition) is 1. The van der Waals surface area contributed by atoms with E-state index < -0.39 is 5.91 Å². The summed E-state index contributed by atoms with van der Waals surface area (Å²) in [6.45, 7) is 4.62. The van der Waals surface area contributed by atoms with Crippen molar-refractivity contribution >= 4 is 16.9 Å². The predicted molar refractivity (Wildman–Crippen MR) is 119 cm³/mol. The number of nitrogens with zero attached hydrogens (tertiary/aromatic N) is 6. The van der Waals surface area contributed by atoms with Crippen LogP contribution in [0.25, 0.3) is 22.6 Å². The maximum absolute atomic E-state index is 12.8. The zero-order valence-electron chi connectivity index (χ0n) is 18.1. The highest BCUT2D eigenvalue weighted by atomic mass is 16.2. The van der Waals surface area contributed by atoms with Gasteiger partial charge in [0.15, 0.2) is 5.82 Å². The number of pyridine rings is 3.